The van der Waals surface area contributed by atoms with E-state index in [1.165, 1.54) is 0 Å². The lowest BCUT2D eigenvalue weighted by Crippen LogP contribution is -2.26. The third kappa shape index (κ3) is 5.46. The van der Waals surface area contributed by atoms with Gasteiger partial charge in [0.2, 0.25) is 0 Å². The molecule has 7 nitrogen and oxygen atoms in total. The Kier molecular flexibility index (Phi) is 7.28. The Bertz CT molecular complexity index is 1250. The molecule has 0 saturated carbocycles. The molecule has 0 aliphatic rings. The lowest BCUT2D eigenvalue weighted by molar-refractivity contribution is 0.0784. The number of nitrogens with one attached hydrogen (secondary N) is 1. The number of anilines is 1. The zero-order valence-corrected chi connectivity index (χ0v) is 20.2. The van der Waals surface area contributed by atoms with Crippen LogP contribution in [0, 0.1) is 13.8 Å². The number of rotatable bonds is 8. The highest BCUT2D eigenvalue weighted by molar-refractivity contribution is 7.92. The van der Waals surface area contributed by atoms with E-state index < -0.39 is 10.0 Å². The van der Waals surface area contributed by atoms with Gasteiger partial charge in [0.25, 0.3) is 15.9 Å². The lowest BCUT2D eigenvalue weighted by atomic mass is 10.1. The highest BCUT2D eigenvalue weighted by atomic mass is 32.2. The second kappa shape index (κ2) is 9.95. The Balaban J connectivity index is 1.75. The van der Waals surface area contributed by atoms with Gasteiger partial charge in [-0.1, -0.05) is 24.3 Å². The highest BCUT2D eigenvalue weighted by Crippen LogP contribution is 2.31. The molecule has 0 radical (unpaired) electrons. The van der Waals surface area contributed by atoms with Gasteiger partial charge in [0, 0.05) is 30.4 Å². The monoisotopic (exact) mass is 468 g/mol. The zero-order valence-electron chi connectivity index (χ0n) is 19.4. The number of ether oxygens (including phenoxy) is 2. The van der Waals surface area contributed by atoms with E-state index in [-0.39, 0.29) is 10.8 Å². The SMILES string of the molecule is COc1cccc(CN(C)C(=O)c2ccc(NS(=O)(=O)c3cc(C)ccc3C)cc2)c1OC. The minimum absolute atomic E-state index is 0.205. The van der Waals surface area contributed by atoms with Crippen molar-refractivity contribution in [1.29, 1.82) is 0 Å². The quantitative estimate of drug-likeness (QED) is 0.530. The van der Waals surface area contributed by atoms with Crippen LogP contribution in [-0.2, 0) is 16.6 Å². The van der Waals surface area contributed by atoms with E-state index in [0.29, 0.717) is 34.9 Å². The molecule has 0 fully saturated rings. The van der Waals surface area contributed by atoms with Crippen molar-refractivity contribution in [2.24, 2.45) is 0 Å². The number of aryl methyl sites for hydroxylation is 2. The van der Waals surface area contributed by atoms with Crippen molar-refractivity contribution < 1.29 is 22.7 Å². The van der Waals surface area contributed by atoms with E-state index in [9.17, 15) is 13.2 Å². The number of hydrogen-bond acceptors (Lipinski definition) is 5. The maximum atomic E-state index is 12.9. The Hall–Kier alpha value is -3.52. The molecular formula is C25H28N2O5S. The van der Waals surface area contributed by atoms with Crippen molar-refractivity contribution in [2.75, 3.05) is 26.0 Å². The van der Waals surface area contributed by atoms with Crippen molar-refractivity contribution in [3.05, 3.63) is 82.9 Å². The Morgan fingerprint density at radius 3 is 2.30 bits per heavy atom. The summed E-state index contributed by atoms with van der Waals surface area (Å²) in [5.74, 6) is 0.969. The topological polar surface area (TPSA) is 84.9 Å². The van der Waals surface area contributed by atoms with Crippen LogP contribution >= 0.6 is 0 Å². The van der Waals surface area contributed by atoms with Gasteiger partial charge in [0.05, 0.1) is 19.1 Å². The molecule has 0 saturated heterocycles. The third-order valence-electron chi connectivity index (χ3n) is 5.26. The Labute approximate surface area is 195 Å². The molecule has 3 aromatic rings. The van der Waals surface area contributed by atoms with Gasteiger partial charge in [-0.15, -0.1) is 0 Å². The summed E-state index contributed by atoms with van der Waals surface area (Å²) in [6, 6.07) is 17.1. The van der Waals surface area contributed by atoms with Gasteiger partial charge in [-0.25, -0.2) is 8.42 Å². The number of nitrogens with zero attached hydrogens (tertiary/aromatic N) is 1. The highest BCUT2D eigenvalue weighted by Gasteiger charge is 2.19. The van der Waals surface area contributed by atoms with Crippen LogP contribution in [0.15, 0.2) is 65.6 Å². The molecule has 3 aromatic carbocycles. The minimum Gasteiger partial charge on any atom is -0.493 e. The smallest absolute Gasteiger partial charge is 0.262 e. The van der Waals surface area contributed by atoms with Gasteiger partial charge in [-0.2, -0.15) is 0 Å². The first-order valence-corrected chi connectivity index (χ1v) is 11.8. The van der Waals surface area contributed by atoms with Crippen molar-refractivity contribution in [2.45, 2.75) is 25.3 Å². The van der Waals surface area contributed by atoms with Gasteiger partial charge in [0.1, 0.15) is 0 Å². The van der Waals surface area contributed by atoms with Gasteiger partial charge < -0.3 is 14.4 Å². The standard InChI is InChI=1S/C25H28N2O5S/c1-17-9-10-18(2)23(15-17)33(29,30)26-21-13-11-19(12-14-21)25(28)27(3)16-20-7-6-8-22(31-4)24(20)32-5/h6-15,26H,16H2,1-5H3. The van der Waals surface area contributed by atoms with Crippen LogP contribution in [0.4, 0.5) is 5.69 Å². The number of amides is 1. The zero-order chi connectivity index (χ0) is 24.2. The molecule has 0 spiro atoms. The van der Waals surface area contributed by atoms with E-state index in [0.717, 1.165) is 11.1 Å². The summed E-state index contributed by atoms with van der Waals surface area (Å²) in [6.07, 6.45) is 0. The van der Waals surface area contributed by atoms with Crippen LogP contribution in [0.1, 0.15) is 27.0 Å². The van der Waals surface area contributed by atoms with E-state index in [1.54, 1.807) is 75.6 Å². The Morgan fingerprint density at radius 2 is 1.67 bits per heavy atom. The van der Waals surface area contributed by atoms with Crippen LogP contribution < -0.4 is 14.2 Å². The van der Waals surface area contributed by atoms with E-state index in [1.807, 2.05) is 25.1 Å². The largest absolute Gasteiger partial charge is 0.493 e. The van der Waals surface area contributed by atoms with Crippen molar-refractivity contribution in [3.8, 4) is 11.5 Å². The number of sulfonamides is 1. The molecular weight excluding hydrogens is 440 g/mol. The first-order valence-electron chi connectivity index (χ1n) is 10.3. The molecule has 0 aromatic heterocycles. The average molecular weight is 469 g/mol. The fourth-order valence-electron chi connectivity index (χ4n) is 3.51. The van der Waals surface area contributed by atoms with E-state index in [4.69, 9.17) is 9.47 Å². The second-order valence-corrected chi connectivity index (χ2v) is 9.42. The number of carbonyl (C=O) groups is 1. The minimum atomic E-state index is -3.74. The summed E-state index contributed by atoms with van der Waals surface area (Å²) < 4.78 is 39.0. The van der Waals surface area contributed by atoms with Crippen LogP contribution in [-0.4, -0.2) is 40.5 Å². The predicted octanol–water partition coefficient (Wildman–Crippen LogP) is 4.39. The fraction of sp³-hybridized carbons (Fsp3) is 0.240. The molecule has 1 N–H and O–H groups in total. The van der Waals surface area contributed by atoms with Crippen LogP contribution in [0.2, 0.25) is 0 Å². The van der Waals surface area contributed by atoms with Crippen LogP contribution in [0.5, 0.6) is 11.5 Å². The van der Waals surface area contributed by atoms with Crippen molar-refractivity contribution >= 4 is 21.6 Å². The molecule has 174 valence electrons. The van der Waals surface area contributed by atoms with Crippen molar-refractivity contribution in [3.63, 3.8) is 0 Å². The summed E-state index contributed by atoms with van der Waals surface area (Å²) in [4.78, 5) is 14.7. The summed E-state index contributed by atoms with van der Waals surface area (Å²) in [5, 5.41) is 0. The number of carbonyl (C=O) groups excluding carboxylic acids is 1. The molecule has 3 rings (SSSR count). The first-order chi connectivity index (χ1) is 15.7. The molecule has 33 heavy (non-hydrogen) atoms. The second-order valence-electron chi connectivity index (χ2n) is 7.77. The predicted molar refractivity (Wildman–Crippen MR) is 129 cm³/mol. The molecule has 0 aliphatic carbocycles. The van der Waals surface area contributed by atoms with Gasteiger partial charge in [-0.3, -0.25) is 9.52 Å². The summed E-state index contributed by atoms with van der Waals surface area (Å²) in [5.41, 5.74) is 3.15. The molecule has 1 amide bonds. The van der Waals surface area contributed by atoms with Gasteiger partial charge >= 0.3 is 0 Å². The molecule has 0 bridgehead atoms. The van der Waals surface area contributed by atoms with Gasteiger partial charge in [-0.05, 0) is 61.4 Å². The molecule has 8 heteroatoms. The maximum absolute atomic E-state index is 12.9. The number of hydrogen-bond donors (Lipinski definition) is 1. The molecule has 0 atom stereocenters. The normalized spacial score (nSPS) is 11.1. The third-order valence-corrected chi connectivity index (χ3v) is 6.78. The Morgan fingerprint density at radius 1 is 0.970 bits per heavy atom. The van der Waals surface area contributed by atoms with E-state index in [2.05, 4.69) is 4.72 Å². The summed E-state index contributed by atoms with van der Waals surface area (Å²) in [7, 11) is 1.07. The number of para-hydroxylation sites is 1. The van der Waals surface area contributed by atoms with Crippen molar-refractivity contribution in [1.82, 2.24) is 4.90 Å². The fourth-order valence-corrected chi connectivity index (χ4v) is 4.90. The van der Waals surface area contributed by atoms with E-state index >= 15 is 0 Å². The van der Waals surface area contributed by atoms with Crippen LogP contribution in [0.3, 0.4) is 0 Å². The molecule has 0 heterocycles. The summed E-state index contributed by atoms with van der Waals surface area (Å²) in [6.45, 7) is 3.92. The van der Waals surface area contributed by atoms with Gasteiger partial charge in [0.15, 0.2) is 11.5 Å². The summed E-state index contributed by atoms with van der Waals surface area (Å²) >= 11 is 0. The molecule has 0 aliphatic heterocycles. The average Bonchev–Trinajstić information content (AvgIpc) is 2.80. The number of methoxy groups -OCH3 is 2. The molecule has 0 unspecified atom stereocenters. The maximum Gasteiger partial charge on any atom is 0.262 e. The lowest BCUT2D eigenvalue weighted by Gasteiger charge is -2.20. The van der Waals surface area contributed by atoms with Crippen LogP contribution in [0.25, 0.3) is 0 Å². The number of benzene rings is 3. The first kappa shape index (κ1) is 24.1.